The molecule has 0 aliphatic carbocycles. The highest BCUT2D eigenvalue weighted by atomic mass is 32.2. The Hall–Kier alpha value is -5.13. The third-order valence-corrected chi connectivity index (χ3v) is 9.28. The van der Waals surface area contributed by atoms with Gasteiger partial charge in [-0.2, -0.15) is 0 Å². The molecule has 5 heteroatoms. The maximum Gasteiger partial charge on any atom is 0.159 e. The van der Waals surface area contributed by atoms with Crippen molar-refractivity contribution < 1.29 is 0 Å². The Bertz CT molecular complexity index is 1990. The Labute approximate surface area is 255 Å². The molecule has 0 saturated carbocycles. The van der Waals surface area contributed by atoms with Crippen LogP contribution in [0.5, 0.6) is 0 Å². The summed E-state index contributed by atoms with van der Waals surface area (Å²) in [5.41, 5.74) is 7.96. The van der Waals surface area contributed by atoms with Crippen molar-refractivity contribution in [2.45, 2.75) is 16.4 Å². The Balaban J connectivity index is 1.16. The lowest BCUT2D eigenvalue weighted by Gasteiger charge is -2.24. The smallest absolute Gasteiger partial charge is 0.159 e. The van der Waals surface area contributed by atoms with Crippen LogP contribution >= 0.6 is 11.8 Å². The summed E-state index contributed by atoms with van der Waals surface area (Å²) in [4.78, 5) is 11.4. The molecule has 8 rings (SSSR count). The van der Waals surface area contributed by atoms with Crippen LogP contribution in [0.25, 0.3) is 21.9 Å². The quantitative estimate of drug-likeness (QED) is 0.216. The van der Waals surface area contributed by atoms with Gasteiger partial charge in [-0.25, -0.2) is 9.98 Å². The molecular formula is C38H28N4S. The lowest BCUT2D eigenvalue weighted by atomic mass is 10.0. The van der Waals surface area contributed by atoms with Crippen LogP contribution in [0.2, 0.25) is 0 Å². The van der Waals surface area contributed by atoms with Crippen molar-refractivity contribution in [1.82, 2.24) is 5.32 Å². The SMILES string of the molecule is c1ccc(C2=NC(c3ccc(-c4ccccc4)cc3)NC(c3ccc4ccc5c(c4c3)SC(c3ccccc3)N5)=N2)cc1. The summed E-state index contributed by atoms with van der Waals surface area (Å²) in [5, 5.41) is 10.00. The molecule has 2 atom stereocenters. The molecule has 4 nitrogen and oxygen atoms in total. The van der Waals surface area contributed by atoms with Gasteiger partial charge in [0.25, 0.3) is 0 Å². The van der Waals surface area contributed by atoms with Crippen LogP contribution in [0.4, 0.5) is 5.69 Å². The minimum atomic E-state index is -0.261. The summed E-state index contributed by atoms with van der Waals surface area (Å²) < 4.78 is 0. The number of aliphatic imine (C=N–C) groups is 2. The topological polar surface area (TPSA) is 48.8 Å². The number of anilines is 1. The molecule has 2 unspecified atom stereocenters. The van der Waals surface area contributed by atoms with Gasteiger partial charge < -0.3 is 10.6 Å². The Morgan fingerprint density at radius 3 is 1.91 bits per heavy atom. The minimum absolute atomic E-state index is 0.190. The first kappa shape index (κ1) is 25.6. The number of benzene rings is 6. The second-order valence-corrected chi connectivity index (χ2v) is 11.9. The normalized spacial score (nSPS) is 17.4. The van der Waals surface area contributed by atoms with Crippen LogP contribution in [0.3, 0.4) is 0 Å². The van der Waals surface area contributed by atoms with Crippen LogP contribution in [0.15, 0.2) is 160 Å². The number of hydrogen-bond donors (Lipinski definition) is 2. The van der Waals surface area contributed by atoms with Crippen LogP contribution in [-0.2, 0) is 0 Å². The van der Waals surface area contributed by atoms with Crippen LogP contribution in [-0.4, -0.2) is 11.7 Å². The van der Waals surface area contributed by atoms with E-state index in [0.29, 0.717) is 0 Å². The molecule has 2 aliphatic heterocycles. The van der Waals surface area contributed by atoms with E-state index in [0.717, 1.165) is 28.4 Å². The van der Waals surface area contributed by atoms with E-state index >= 15 is 0 Å². The van der Waals surface area contributed by atoms with E-state index in [-0.39, 0.29) is 11.5 Å². The number of hydrogen-bond acceptors (Lipinski definition) is 5. The number of nitrogens with zero attached hydrogens (tertiary/aromatic N) is 2. The summed E-state index contributed by atoms with van der Waals surface area (Å²) in [6, 6.07) is 51.0. The molecular weight excluding hydrogens is 545 g/mol. The monoisotopic (exact) mass is 572 g/mol. The van der Waals surface area contributed by atoms with Gasteiger partial charge >= 0.3 is 0 Å². The number of fused-ring (bicyclic) bond motifs is 3. The molecule has 2 N–H and O–H groups in total. The third kappa shape index (κ3) is 4.98. The average Bonchev–Trinajstić information content (AvgIpc) is 3.54. The maximum absolute atomic E-state index is 5.07. The molecule has 0 bridgehead atoms. The van der Waals surface area contributed by atoms with Crippen LogP contribution in [0, 0.1) is 0 Å². The molecule has 0 amide bonds. The zero-order valence-corrected chi connectivity index (χ0v) is 24.1. The molecule has 6 aromatic rings. The Kier molecular flexibility index (Phi) is 6.50. The predicted octanol–water partition coefficient (Wildman–Crippen LogP) is 9.22. The van der Waals surface area contributed by atoms with Gasteiger partial charge in [-0.1, -0.05) is 145 Å². The maximum atomic E-state index is 5.07. The first-order valence-electron chi connectivity index (χ1n) is 14.5. The standard InChI is InChI=1S/C38H28N4S/c1-4-10-25(11-5-1)26-16-19-29(20-17-26)36-40-35(28-12-6-2-7-13-28)41-37(42-36)31-21-18-27-22-23-33-34(32(27)24-31)43-38(39-33)30-14-8-3-9-15-30/h1-24,36,38-39H,(H,40,41,42). The van der Waals surface area contributed by atoms with Gasteiger partial charge in [0, 0.05) is 21.7 Å². The summed E-state index contributed by atoms with van der Waals surface area (Å²) in [6.07, 6.45) is -0.261. The van der Waals surface area contributed by atoms with E-state index in [1.54, 1.807) is 0 Å². The molecule has 6 aromatic carbocycles. The molecule has 2 aliphatic rings. The number of thioether (sulfide) groups is 1. The Morgan fingerprint density at radius 1 is 0.535 bits per heavy atom. The lowest BCUT2D eigenvalue weighted by Crippen LogP contribution is -2.33. The van der Waals surface area contributed by atoms with Crippen LogP contribution in [0.1, 0.15) is 33.8 Å². The van der Waals surface area contributed by atoms with E-state index in [1.165, 1.54) is 38.0 Å². The number of amidine groups is 2. The van der Waals surface area contributed by atoms with Crippen LogP contribution < -0.4 is 10.6 Å². The van der Waals surface area contributed by atoms with E-state index in [9.17, 15) is 0 Å². The molecule has 0 fully saturated rings. The van der Waals surface area contributed by atoms with Gasteiger partial charge in [0.05, 0.1) is 0 Å². The van der Waals surface area contributed by atoms with E-state index in [1.807, 2.05) is 36.0 Å². The second kappa shape index (κ2) is 10.9. The molecule has 0 radical (unpaired) electrons. The summed E-state index contributed by atoms with van der Waals surface area (Å²) >= 11 is 1.87. The van der Waals surface area contributed by atoms with Crippen molar-refractivity contribution >= 4 is 39.9 Å². The summed E-state index contributed by atoms with van der Waals surface area (Å²) in [7, 11) is 0. The predicted molar refractivity (Wildman–Crippen MR) is 180 cm³/mol. The highest BCUT2D eigenvalue weighted by Gasteiger charge is 2.26. The molecule has 0 saturated heterocycles. The van der Waals surface area contributed by atoms with Gasteiger partial charge in [-0.15, -0.1) is 0 Å². The highest BCUT2D eigenvalue weighted by molar-refractivity contribution is 8.00. The van der Waals surface area contributed by atoms with Crippen molar-refractivity contribution in [2.75, 3.05) is 5.32 Å². The van der Waals surface area contributed by atoms with Crippen molar-refractivity contribution in [1.29, 1.82) is 0 Å². The number of nitrogens with one attached hydrogen (secondary N) is 2. The molecule has 43 heavy (non-hydrogen) atoms. The minimum Gasteiger partial charge on any atom is -0.368 e. The molecule has 0 aromatic heterocycles. The van der Waals surface area contributed by atoms with E-state index in [4.69, 9.17) is 9.98 Å². The third-order valence-electron chi connectivity index (χ3n) is 7.98. The summed E-state index contributed by atoms with van der Waals surface area (Å²) in [5.74, 6) is 1.55. The lowest BCUT2D eigenvalue weighted by molar-refractivity contribution is 0.674. The fourth-order valence-electron chi connectivity index (χ4n) is 5.72. The first-order valence-corrected chi connectivity index (χ1v) is 15.4. The zero-order chi connectivity index (χ0) is 28.6. The highest BCUT2D eigenvalue weighted by Crippen LogP contribution is 2.49. The van der Waals surface area contributed by atoms with E-state index < -0.39 is 0 Å². The van der Waals surface area contributed by atoms with Gasteiger partial charge in [-0.3, -0.25) is 0 Å². The fourth-order valence-corrected chi connectivity index (χ4v) is 6.99. The fraction of sp³-hybridized carbons (Fsp3) is 0.0526. The summed E-state index contributed by atoms with van der Waals surface area (Å²) in [6.45, 7) is 0. The molecule has 206 valence electrons. The van der Waals surface area contributed by atoms with Gasteiger partial charge in [0.2, 0.25) is 0 Å². The van der Waals surface area contributed by atoms with Crippen molar-refractivity contribution in [3.8, 4) is 11.1 Å². The number of rotatable bonds is 5. The van der Waals surface area contributed by atoms with Gasteiger partial charge in [0.1, 0.15) is 17.4 Å². The van der Waals surface area contributed by atoms with Gasteiger partial charge in [0.15, 0.2) is 5.84 Å². The van der Waals surface area contributed by atoms with Crippen molar-refractivity contribution in [2.24, 2.45) is 9.98 Å². The van der Waals surface area contributed by atoms with Gasteiger partial charge in [-0.05, 0) is 45.2 Å². The Morgan fingerprint density at radius 2 is 1.16 bits per heavy atom. The molecule has 2 heterocycles. The van der Waals surface area contributed by atoms with E-state index in [2.05, 4.69) is 132 Å². The zero-order valence-electron chi connectivity index (χ0n) is 23.3. The first-order chi connectivity index (χ1) is 21.3. The second-order valence-electron chi connectivity index (χ2n) is 10.7. The van der Waals surface area contributed by atoms with Crippen molar-refractivity contribution in [3.05, 3.63) is 168 Å². The molecule has 0 spiro atoms. The average molecular weight is 573 g/mol. The van der Waals surface area contributed by atoms with Crippen molar-refractivity contribution in [3.63, 3.8) is 0 Å². The largest absolute Gasteiger partial charge is 0.368 e.